The van der Waals surface area contributed by atoms with Crippen molar-refractivity contribution in [2.45, 2.75) is 20.4 Å². The van der Waals surface area contributed by atoms with Crippen molar-refractivity contribution in [2.75, 3.05) is 5.32 Å². The summed E-state index contributed by atoms with van der Waals surface area (Å²) in [7, 11) is 0. The third kappa shape index (κ3) is 3.61. The molecular formula is C20H19ClN6O. The minimum atomic E-state index is -0.352. The molecule has 8 heteroatoms. The third-order valence-electron chi connectivity index (χ3n) is 4.19. The van der Waals surface area contributed by atoms with Crippen LogP contribution in [0.3, 0.4) is 0 Å². The van der Waals surface area contributed by atoms with Crippen LogP contribution >= 0.6 is 11.6 Å². The summed E-state index contributed by atoms with van der Waals surface area (Å²) >= 11 is 6.17. The average molecular weight is 395 g/mol. The Morgan fingerprint density at radius 3 is 2.71 bits per heavy atom. The van der Waals surface area contributed by atoms with Crippen molar-refractivity contribution in [1.82, 2.24) is 24.1 Å². The van der Waals surface area contributed by atoms with E-state index in [0.717, 1.165) is 11.3 Å². The van der Waals surface area contributed by atoms with Gasteiger partial charge in [-0.3, -0.25) is 13.9 Å². The SMILES string of the molecule is CC(C)Cn1ncc(Cl)c1C(=O)Nc1ccn2cc(-c3ccccc3)nc2n1. The zero-order chi connectivity index (χ0) is 19.7. The first-order valence-electron chi connectivity index (χ1n) is 8.95. The van der Waals surface area contributed by atoms with E-state index in [-0.39, 0.29) is 5.91 Å². The molecule has 1 N–H and O–H groups in total. The number of nitrogens with one attached hydrogen (secondary N) is 1. The molecule has 7 nitrogen and oxygen atoms in total. The Bertz CT molecular complexity index is 1130. The van der Waals surface area contributed by atoms with Crippen LogP contribution in [0.1, 0.15) is 24.3 Å². The lowest BCUT2D eigenvalue weighted by atomic mass is 10.2. The fourth-order valence-electron chi connectivity index (χ4n) is 2.94. The van der Waals surface area contributed by atoms with E-state index >= 15 is 0 Å². The second kappa shape index (κ2) is 7.44. The molecule has 1 aromatic carbocycles. The largest absolute Gasteiger partial charge is 0.305 e. The normalized spacial score (nSPS) is 11.3. The second-order valence-corrected chi connectivity index (χ2v) is 7.29. The molecule has 0 unspecified atom stereocenters. The molecule has 28 heavy (non-hydrogen) atoms. The summed E-state index contributed by atoms with van der Waals surface area (Å²) in [4.78, 5) is 21.7. The van der Waals surface area contributed by atoms with E-state index in [0.29, 0.717) is 34.8 Å². The molecule has 0 fully saturated rings. The monoisotopic (exact) mass is 394 g/mol. The van der Waals surface area contributed by atoms with Gasteiger partial charge in [0.05, 0.1) is 16.9 Å². The van der Waals surface area contributed by atoms with Gasteiger partial charge in [-0.15, -0.1) is 0 Å². The third-order valence-corrected chi connectivity index (χ3v) is 4.46. The highest BCUT2D eigenvalue weighted by molar-refractivity contribution is 6.34. The fraction of sp³-hybridized carbons (Fsp3) is 0.200. The maximum Gasteiger partial charge on any atom is 0.276 e. The summed E-state index contributed by atoms with van der Waals surface area (Å²) in [6.45, 7) is 4.70. The average Bonchev–Trinajstić information content (AvgIpc) is 3.25. The summed E-state index contributed by atoms with van der Waals surface area (Å²) < 4.78 is 3.43. The molecule has 4 aromatic rings. The molecular weight excluding hydrogens is 376 g/mol. The van der Waals surface area contributed by atoms with Crippen molar-refractivity contribution in [3.63, 3.8) is 0 Å². The second-order valence-electron chi connectivity index (χ2n) is 6.88. The Morgan fingerprint density at radius 1 is 1.18 bits per heavy atom. The first-order valence-corrected chi connectivity index (χ1v) is 9.33. The van der Waals surface area contributed by atoms with Gasteiger partial charge in [-0.05, 0) is 12.0 Å². The van der Waals surface area contributed by atoms with Gasteiger partial charge in [0.15, 0.2) is 0 Å². The smallest absolute Gasteiger partial charge is 0.276 e. The van der Waals surface area contributed by atoms with Crippen molar-refractivity contribution in [2.24, 2.45) is 5.92 Å². The molecule has 0 saturated heterocycles. The molecule has 3 aromatic heterocycles. The quantitative estimate of drug-likeness (QED) is 0.551. The van der Waals surface area contributed by atoms with Crippen LogP contribution < -0.4 is 5.32 Å². The molecule has 0 aliphatic rings. The van der Waals surface area contributed by atoms with Gasteiger partial charge >= 0.3 is 0 Å². The van der Waals surface area contributed by atoms with Crippen LogP contribution in [-0.4, -0.2) is 30.1 Å². The van der Waals surface area contributed by atoms with Crippen molar-refractivity contribution in [3.8, 4) is 11.3 Å². The van der Waals surface area contributed by atoms with Crippen LogP contribution in [0.2, 0.25) is 5.02 Å². The van der Waals surface area contributed by atoms with Crippen molar-refractivity contribution in [3.05, 3.63) is 65.7 Å². The minimum absolute atomic E-state index is 0.311. The van der Waals surface area contributed by atoms with Gasteiger partial charge in [-0.25, -0.2) is 4.98 Å². The summed E-state index contributed by atoms with van der Waals surface area (Å²) in [5.41, 5.74) is 2.14. The van der Waals surface area contributed by atoms with Crippen molar-refractivity contribution >= 4 is 29.1 Å². The summed E-state index contributed by atoms with van der Waals surface area (Å²) in [6.07, 6.45) is 5.19. The van der Waals surface area contributed by atoms with E-state index < -0.39 is 0 Å². The first-order chi connectivity index (χ1) is 13.5. The number of amides is 1. The van der Waals surface area contributed by atoms with Crippen molar-refractivity contribution < 1.29 is 4.79 Å². The maximum absolute atomic E-state index is 12.7. The molecule has 0 aliphatic carbocycles. The number of rotatable bonds is 5. The molecule has 0 radical (unpaired) electrons. The number of benzene rings is 1. The number of aromatic nitrogens is 5. The Labute approximate surface area is 167 Å². The molecule has 0 saturated carbocycles. The highest BCUT2D eigenvalue weighted by Crippen LogP contribution is 2.20. The van der Waals surface area contributed by atoms with E-state index in [1.807, 2.05) is 47.1 Å². The Morgan fingerprint density at radius 2 is 1.96 bits per heavy atom. The predicted octanol–water partition coefficient (Wildman–Crippen LogP) is 4.15. The van der Waals surface area contributed by atoms with Crippen LogP contribution in [0, 0.1) is 5.92 Å². The molecule has 1 amide bonds. The standard InChI is InChI=1S/C20H19ClN6O/c1-13(2)11-27-18(15(21)10-22-27)19(28)24-17-8-9-26-12-16(23-20(26)25-17)14-6-4-3-5-7-14/h3-10,12-13H,11H2,1-2H3,(H,23,24,25,28). The number of halogens is 1. The summed E-state index contributed by atoms with van der Waals surface area (Å²) in [6, 6.07) is 11.6. The Hall–Kier alpha value is -3.19. The van der Waals surface area contributed by atoms with E-state index in [1.165, 1.54) is 6.20 Å². The van der Waals surface area contributed by atoms with Gasteiger partial charge in [0.25, 0.3) is 5.91 Å². The van der Waals surface area contributed by atoms with Crippen LogP contribution in [0.25, 0.3) is 17.0 Å². The molecule has 4 rings (SSSR count). The molecule has 0 atom stereocenters. The van der Waals surface area contributed by atoms with Crippen LogP contribution in [0.15, 0.2) is 55.0 Å². The number of anilines is 1. The lowest BCUT2D eigenvalue weighted by Gasteiger charge is -2.10. The molecule has 0 aliphatic heterocycles. The topological polar surface area (TPSA) is 77.1 Å². The number of carbonyl (C=O) groups is 1. The Kier molecular flexibility index (Phi) is 4.83. The lowest BCUT2D eigenvalue weighted by Crippen LogP contribution is -2.20. The van der Waals surface area contributed by atoms with E-state index in [1.54, 1.807) is 10.7 Å². The van der Waals surface area contributed by atoms with Gasteiger partial charge in [0, 0.05) is 24.5 Å². The summed E-state index contributed by atoms with van der Waals surface area (Å²) in [5, 5.41) is 7.30. The number of nitrogens with zero attached hydrogens (tertiary/aromatic N) is 5. The zero-order valence-corrected chi connectivity index (χ0v) is 16.3. The lowest BCUT2D eigenvalue weighted by molar-refractivity contribution is 0.101. The molecule has 142 valence electrons. The minimum Gasteiger partial charge on any atom is -0.305 e. The summed E-state index contributed by atoms with van der Waals surface area (Å²) in [5.74, 6) is 0.877. The maximum atomic E-state index is 12.7. The van der Waals surface area contributed by atoms with Crippen molar-refractivity contribution in [1.29, 1.82) is 0 Å². The van der Waals surface area contributed by atoms with E-state index in [9.17, 15) is 4.79 Å². The molecule has 0 bridgehead atoms. The van der Waals surface area contributed by atoms with E-state index in [2.05, 4.69) is 34.2 Å². The number of carbonyl (C=O) groups excluding carboxylic acids is 1. The van der Waals surface area contributed by atoms with E-state index in [4.69, 9.17) is 11.6 Å². The van der Waals surface area contributed by atoms with Crippen LogP contribution in [0.4, 0.5) is 5.82 Å². The predicted molar refractivity (Wildman–Crippen MR) is 108 cm³/mol. The number of fused-ring (bicyclic) bond motifs is 1. The highest BCUT2D eigenvalue weighted by Gasteiger charge is 2.19. The van der Waals surface area contributed by atoms with Gasteiger partial charge in [0.1, 0.15) is 11.5 Å². The Balaban J connectivity index is 1.60. The first kappa shape index (κ1) is 18.2. The van der Waals surface area contributed by atoms with Gasteiger partial charge in [0.2, 0.25) is 5.78 Å². The zero-order valence-electron chi connectivity index (χ0n) is 15.5. The number of hydrogen-bond acceptors (Lipinski definition) is 4. The van der Waals surface area contributed by atoms with Crippen LogP contribution in [0.5, 0.6) is 0 Å². The van der Waals surface area contributed by atoms with Crippen LogP contribution in [-0.2, 0) is 6.54 Å². The molecule has 3 heterocycles. The molecule has 0 spiro atoms. The number of imidazole rings is 1. The van der Waals surface area contributed by atoms with Gasteiger partial charge in [-0.1, -0.05) is 55.8 Å². The fourth-order valence-corrected chi connectivity index (χ4v) is 3.16. The highest BCUT2D eigenvalue weighted by atomic mass is 35.5. The number of hydrogen-bond donors (Lipinski definition) is 1. The van der Waals surface area contributed by atoms with Gasteiger partial charge in [-0.2, -0.15) is 10.1 Å². The van der Waals surface area contributed by atoms with Gasteiger partial charge < -0.3 is 5.32 Å².